The van der Waals surface area contributed by atoms with Crippen molar-refractivity contribution >= 4 is 15.7 Å². The normalized spacial score (nSPS) is 11.8. The first-order chi connectivity index (χ1) is 9.74. The molecule has 1 N–H and O–H groups in total. The fourth-order valence-electron chi connectivity index (χ4n) is 1.69. The summed E-state index contributed by atoms with van der Waals surface area (Å²) in [6.07, 6.45) is 0. The maximum Gasteiger partial charge on any atom is 0.269 e. The molecule has 0 aliphatic heterocycles. The number of benzene rings is 1. The molecule has 1 aromatic rings. The Morgan fingerprint density at radius 2 is 2.05 bits per heavy atom. The van der Waals surface area contributed by atoms with Crippen molar-refractivity contribution in [1.29, 1.82) is 0 Å². The minimum atomic E-state index is -3.69. The number of ether oxygens (including phenoxy) is 1. The molecule has 0 aromatic heterocycles. The molecule has 118 valence electrons. The molecule has 21 heavy (non-hydrogen) atoms. The van der Waals surface area contributed by atoms with Gasteiger partial charge in [0.1, 0.15) is 0 Å². The van der Waals surface area contributed by atoms with Crippen molar-refractivity contribution in [3.05, 3.63) is 33.9 Å². The second-order valence-corrected chi connectivity index (χ2v) is 6.81. The molecule has 1 aromatic carbocycles. The molecule has 0 spiro atoms. The van der Waals surface area contributed by atoms with Gasteiger partial charge in [0.05, 0.1) is 16.4 Å². The van der Waals surface area contributed by atoms with Crippen LogP contribution in [0.5, 0.6) is 0 Å². The number of hydrogen-bond donors (Lipinski definition) is 1. The van der Waals surface area contributed by atoms with Gasteiger partial charge in [-0.15, -0.1) is 0 Å². The highest BCUT2D eigenvalue weighted by molar-refractivity contribution is 7.89. The number of nitro groups is 1. The lowest BCUT2D eigenvalue weighted by molar-refractivity contribution is -0.385. The number of nitrogens with one attached hydrogen (secondary N) is 1. The summed E-state index contributed by atoms with van der Waals surface area (Å²) < 4.78 is 31.9. The Kier molecular flexibility index (Phi) is 6.25. The van der Waals surface area contributed by atoms with Gasteiger partial charge in [-0.1, -0.05) is 13.8 Å². The van der Waals surface area contributed by atoms with E-state index in [2.05, 4.69) is 4.72 Å². The van der Waals surface area contributed by atoms with Crippen LogP contribution in [0, 0.1) is 23.0 Å². The largest absolute Gasteiger partial charge is 0.380 e. The number of hydrogen-bond acceptors (Lipinski definition) is 5. The van der Waals surface area contributed by atoms with E-state index in [9.17, 15) is 18.5 Å². The highest BCUT2D eigenvalue weighted by atomic mass is 32.2. The van der Waals surface area contributed by atoms with Crippen LogP contribution in [0.2, 0.25) is 0 Å². The van der Waals surface area contributed by atoms with E-state index in [1.54, 1.807) is 0 Å². The van der Waals surface area contributed by atoms with Gasteiger partial charge in [0.25, 0.3) is 5.69 Å². The van der Waals surface area contributed by atoms with E-state index in [4.69, 9.17) is 4.74 Å². The van der Waals surface area contributed by atoms with Crippen molar-refractivity contribution in [2.45, 2.75) is 25.7 Å². The zero-order chi connectivity index (χ0) is 16.0. The van der Waals surface area contributed by atoms with Gasteiger partial charge in [0.15, 0.2) is 0 Å². The zero-order valence-electron chi connectivity index (χ0n) is 12.3. The molecule has 0 aliphatic carbocycles. The van der Waals surface area contributed by atoms with Crippen molar-refractivity contribution in [1.82, 2.24) is 4.72 Å². The summed E-state index contributed by atoms with van der Waals surface area (Å²) in [7, 11) is -3.69. The fraction of sp³-hybridized carbons (Fsp3) is 0.538. The SMILES string of the molecule is Cc1cc([N+](=O)[O-])ccc1S(=O)(=O)NCCOCC(C)C. The second kappa shape index (κ2) is 7.48. The van der Waals surface area contributed by atoms with E-state index in [-0.39, 0.29) is 23.7 Å². The van der Waals surface area contributed by atoms with E-state index in [0.717, 1.165) is 0 Å². The minimum absolute atomic E-state index is 0.0389. The van der Waals surface area contributed by atoms with Gasteiger partial charge in [-0.05, 0) is 24.5 Å². The Bertz CT molecular complexity index is 599. The number of aryl methyl sites for hydroxylation is 1. The third kappa shape index (κ3) is 5.41. The lowest BCUT2D eigenvalue weighted by Crippen LogP contribution is -2.28. The molecular formula is C13H20N2O5S. The number of nitrogens with zero attached hydrogens (tertiary/aromatic N) is 1. The molecule has 0 bridgehead atoms. The summed E-state index contributed by atoms with van der Waals surface area (Å²) >= 11 is 0. The first-order valence-electron chi connectivity index (χ1n) is 6.56. The van der Waals surface area contributed by atoms with Crippen LogP contribution in [-0.4, -0.2) is 33.1 Å². The van der Waals surface area contributed by atoms with Gasteiger partial charge in [0, 0.05) is 25.3 Å². The van der Waals surface area contributed by atoms with Crippen LogP contribution in [0.4, 0.5) is 5.69 Å². The molecule has 0 unspecified atom stereocenters. The molecule has 0 radical (unpaired) electrons. The van der Waals surface area contributed by atoms with Crippen LogP contribution in [0.15, 0.2) is 23.1 Å². The Hall–Kier alpha value is -1.51. The average molecular weight is 316 g/mol. The minimum Gasteiger partial charge on any atom is -0.380 e. The van der Waals surface area contributed by atoms with E-state index < -0.39 is 14.9 Å². The van der Waals surface area contributed by atoms with Crippen LogP contribution in [0.1, 0.15) is 19.4 Å². The van der Waals surface area contributed by atoms with Gasteiger partial charge >= 0.3 is 0 Å². The molecule has 7 nitrogen and oxygen atoms in total. The van der Waals surface area contributed by atoms with Crippen LogP contribution in [0.3, 0.4) is 0 Å². The monoisotopic (exact) mass is 316 g/mol. The predicted octanol–water partition coefficient (Wildman–Crippen LogP) is 1.85. The van der Waals surface area contributed by atoms with E-state index in [0.29, 0.717) is 18.1 Å². The maximum absolute atomic E-state index is 12.1. The van der Waals surface area contributed by atoms with Gasteiger partial charge in [-0.3, -0.25) is 10.1 Å². The first-order valence-corrected chi connectivity index (χ1v) is 8.05. The van der Waals surface area contributed by atoms with Crippen molar-refractivity contribution in [3.63, 3.8) is 0 Å². The van der Waals surface area contributed by atoms with Crippen molar-refractivity contribution in [2.24, 2.45) is 5.92 Å². The predicted molar refractivity (Wildman–Crippen MR) is 78.7 cm³/mol. The number of non-ortho nitro benzene ring substituents is 1. The van der Waals surface area contributed by atoms with Gasteiger partial charge in [-0.2, -0.15) is 0 Å². The summed E-state index contributed by atoms with van der Waals surface area (Å²) in [5, 5.41) is 10.6. The van der Waals surface area contributed by atoms with Crippen LogP contribution < -0.4 is 4.72 Å². The molecular weight excluding hydrogens is 296 g/mol. The Morgan fingerprint density at radius 1 is 1.38 bits per heavy atom. The van der Waals surface area contributed by atoms with Gasteiger partial charge in [-0.25, -0.2) is 13.1 Å². The van der Waals surface area contributed by atoms with E-state index >= 15 is 0 Å². The molecule has 0 heterocycles. The van der Waals surface area contributed by atoms with Crippen LogP contribution in [-0.2, 0) is 14.8 Å². The maximum atomic E-state index is 12.1. The highest BCUT2D eigenvalue weighted by Gasteiger charge is 2.18. The molecule has 0 amide bonds. The molecule has 0 atom stereocenters. The number of sulfonamides is 1. The van der Waals surface area contributed by atoms with Gasteiger partial charge < -0.3 is 4.74 Å². The zero-order valence-corrected chi connectivity index (χ0v) is 13.1. The summed E-state index contributed by atoms with van der Waals surface area (Å²) in [4.78, 5) is 10.1. The summed E-state index contributed by atoms with van der Waals surface area (Å²) in [5.41, 5.74) is 0.200. The molecule has 8 heteroatoms. The topological polar surface area (TPSA) is 98.5 Å². The molecule has 0 aliphatic rings. The van der Waals surface area contributed by atoms with E-state index in [1.807, 2.05) is 13.8 Å². The molecule has 0 saturated carbocycles. The Labute approximate surface area is 124 Å². The number of rotatable bonds is 8. The standard InChI is InChI=1S/C13H20N2O5S/c1-10(2)9-20-7-6-14-21(18,19)13-5-4-12(15(16)17)8-11(13)3/h4-5,8,10,14H,6-7,9H2,1-3H3. The van der Waals surface area contributed by atoms with Crippen LogP contribution >= 0.6 is 0 Å². The second-order valence-electron chi connectivity index (χ2n) is 5.07. The van der Waals surface area contributed by atoms with Gasteiger partial charge in [0.2, 0.25) is 10.0 Å². The smallest absolute Gasteiger partial charge is 0.269 e. The van der Waals surface area contributed by atoms with Crippen molar-refractivity contribution < 1.29 is 18.1 Å². The molecule has 1 rings (SSSR count). The highest BCUT2D eigenvalue weighted by Crippen LogP contribution is 2.20. The van der Waals surface area contributed by atoms with Crippen molar-refractivity contribution in [3.8, 4) is 0 Å². The average Bonchev–Trinajstić information content (AvgIpc) is 2.37. The third-order valence-electron chi connectivity index (χ3n) is 2.65. The lowest BCUT2D eigenvalue weighted by Gasteiger charge is -2.10. The van der Waals surface area contributed by atoms with Crippen molar-refractivity contribution in [2.75, 3.05) is 19.8 Å². The molecule has 0 saturated heterocycles. The quantitative estimate of drug-likeness (QED) is 0.448. The third-order valence-corrected chi connectivity index (χ3v) is 4.27. The summed E-state index contributed by atoms with van der Waals surface area (Å²) in [6.45, 7) is 6.54. The van der Waals surface area contributed by atoms with Crippen LogP contribution in [0.25, 0.3) is 0 Å². The Balaban J connectivity index is 2.68. The summed E-state index contributed by atoms with van der Waals surface area (Å²) in [5.74, 6) is 0.388. The first kappa shape index (κ1) is 17.5. The number of nitro benzene ring substituents is 1. The van der Waals surface area contributed by atoms with E-state index in [1.165, 1.54) is 25.1 Å². The molecule has 0 fully saturated rings. The fourth-order valence-corrected chi connectivity index (χ4v) is 2.93. The summed E-state index contributed by atoms with van der Waals surface area (Å²) in [6, 6.07) is 3.66. The Morgan fingerprint density at radius 3 is 2.57 bits per heavy atom. The lowest BCUT2D eigenvalue weighted by atomic mass is 10.2.